The summed E-state index contributed by atoms with van der Waals surface area (Å²) in [6.45, 7) is 1.05. The summed E-state index contributed by atoms with van der Waals surface area (Å²) in [6.07, 6.45) is 5.50. The van der Waals surface area contributed by atoms with E-state index in [4.69, 9.17) is 17.0 Å². The zero-order valence-corrected chi connectivity index (χ0v) is 10.8. The van der Waals surface area contributed by atoms with Crippen LogP contribution in [0.15, 0.2) is 30.3 Å². The van der Waals surface area contributed by atoms with Crippen molar-refractivity contribution in [2.75, 3.05) is 6.54 Å². The minimum atomic E-state index is 0.145. The van der Waals surface area contributed by atoms with Gasteiger partial charge in [-0.1, -0.05) is 30.3 Å². The molecule has 2 rings (SSSR count). The molecule has 1 fully saturated rings. The van der Waals surface area contributed by atoms with Gasteiger partial charge >= 0.3 is 0 Å². The summed E-state index contributed by atoms with van der Waals surface area (Å²) >= 11 is 5.27. The molecule has 17 heavy (non-hydrogen) atoms. The van der Waals surface area contributed by atoms with E-state index in [0.29, 0.717) is 0 Å². The van der Waals surface area contributed by atoms with E-state index in [2.05, 4.69) is 29.6 Å². The number of hydrogen-bond acceptors (Lipinski definition) is 3. The lowest BCUT2D eigenvalue weighted by atomic mass is 10.1. The lowest BCUT2D eigenvalue weighted by Crippen LogP contribution is -2.37. The van der Waals surface area contributed by atoms with Crippen molar-refractivity contribution in [1.82, 2.24) is 5.32 Å². The zero-order chi connectivity index (χ0) is 11.9. The van der Waals surface area contributed by atoms with Gasteiger partial charge < -0.3 is 4.74 Å². The van der Waals surface area contributed by atoms with Crippen molar-refractivity contribution < 1.29 is 4.74 Å². The molecule has 1 aromatic rings. The van der Waals surface area contributed by atoms with E-state index in [1.54, 1.807) is 0 Å². The van der Waals surface area contributed by atoms with E-state index in [9.17, 15) is 0 Å². The third kappa shape index (κ3) is 4.44. The molecule has 3 heteroatoms. The number of aryl methyl sites for hydroxylation is 1. The lowest BCUT2D eigenvalue weighted by molar-refractivity contribution is 0.121. The van der Waals surface area contributed by atoms with Gasteiger partial charge in [-0.3, -0.25) is 5.32 Å². The first-order valence-electron chi connectivity index (χ1n) is 6.31. The smallest absolute Gasteiger partial charge is 0.162 e. The fourth-order valence-corrected chi connectivity index (χ4v) is 2.25. The van der Waals surface area contributed by atoms with E-state index in [-0.39, 0.29) is 6.23 Å². The number of thiocarbonyl (C=S) groups is 1. The molecule has 1 unspecified atom stereocenters. The minimum absolute atomic E-state index is 0.145. The molecule has 1 N–H and O–H groups in total. The highest BCUT2D eigenvalue weighted by Gasteiger charge is 2.14. The normalized spacial score (nSPS) is 19.9. The fraction of sp³-hybridized carbons (Fsp3) is 0.500. The van der Waals surface area contributed by atoms with Gasteiger partial charge in [0.05, 0.1) is 0 Å². The Morgan fingerprint density at radius 1 is 1.29 bits per heavy atom. The van der Waals surface area contributed by atoms with Crippen molar-refractivity contribution in [1.29, 1.82) is 0 Å². The molecule has 0 spiro atoms. The van der Waals surface area contributed by atoms with Crippen LogP contribution in [0.25, 0.3) is 0 Å². The molecule has 0 aromatic heterocycles. The summed E-state index contributed by atoms with van der Waals surface area (Å²) < 4.78 is 5.73. The van der Waals surface area contributed by atoms with Crippen LogP contribution in [0, 0.1) is 0 Å². The molecule has 0 amide bonds. The van der Waals surface area contributed by atoms with Crippen LogP contribution in [-0.4, -0.2) is 17.8 Å². The second kappa shape index (κ2) is 6.72. The topological polar surface area (TPSA) is 21.3 Å². The van der Waals surface area contributed by atoms with E-state index in [1.165, 1.54) is 18.4 Å². The number of hydrogen-bond donors (Lipinski definition) is 1. The third-order valence-corrected chi connectivity index (χ3v) is 3.30. The molecule has 1 saturated heterocycles. The Morgan fingerprint density at radius 2 is 2.12 bits per heavy atom. The van der Waals surface area contributed by atoms with Crippen molar-refractivity contribution in [2.45, 2.75) is 38.3 Å². The minimum Gasteiger partial charge on any atom is -0.469 e. The Morgan fingerprint density at radius 3 is 2.82 bits per heavy atom. The molecule has 0 radical (unpaired) electrons. The molecule has 2 nitrogen and oxygen atoms in total. The predicted molar refractivity (Wildman–Crippen MR) is 74.1 cm³/mol. The molecule has 1 aliphatic rings. The molecule has 0 aliphatic carbocycles. The van der Waals surface area contributed by atoms with E-state index in [0.717, 1.165) is 30.9 Å². The van der Waals surface area contributed by atoms with Gasteiger partial charge in [0, 0.05) is 6.42 Å². The summed E-state index contributed by atoms with van der Waals surface area (Å²) in [6, 6.07) is 10.4. The first kappa shape index (κ1) is 12.5. The van der Waals surface area contributed by atoms with Crippen LogP contribution >= 0.6 is 12.2 Å². The predicted octanol–water partition coefficient (Wildman–Crippen LogP) is 3.06. The number of rotatable bonds is 4. The number of benzene rings is 1. The first-order valence-corrected chi connectivity index (χ1v) is 6.72. The Balaban J connectivity index is 1.70. The molecule has 1 aromatic carbocycles. The van der Waals surface area contributed by atoms with Crippen molar-refractivity contribution in [3.8, 4) is 0 Å². The van der Waals surface area contributed by atoms with E-state index < -0.39 is 0 Å². The highest BCUT2D eigenvalue weighted by molar-refractivity contribution is 7.80. The highest BCUT2D eigenvalue weighted by atomic mass is 32.1. The second-order valence-corrected chi connectivity index (χ2v) is 4.87. The molecule has 1 atom stereocenters. The fourth-order valence-electron chi connectivity index (χ4n) is 2.03. The van der Waals surface area contributed by atoms with Crippen LogP contribution < -0.4 is 5.32 Å². The standard InChI is InChI=1S/C14H19NOS/c17-14(16-13-8-4-5-11-15-13)10-9-12-6-2-1-3-7-12/h1-3,6-7,13,15H,4-5,8-11H2. The Hall–Kier alpha value is -0.930. The maximum Gasteiger partial charge on any atom is 0.162 e. The monoisotopic (exact) mass is 249 g/mol. The SMILES string of the molecule is S=C(CCc1ccccc1)OC1CCCCN1. The number of nitrogens with one attached hydrogen (secondary N) is 1. The van der Waals surface area contributed by atoms with Gasteiger partial charge in [0.25, 0.3) is 0 Å². The molecule has 1 aliphatic heterocycles. The molecule has 0 saturated carbocycles. The zero-order valence-electron chi connectivity index (χ0n) is 10.0. The van der Waals surface area contributed by atoms with Crippen LogP contribution in [0.5, 0.6) is 0 Å². The van der Waals surface area contributed by atoms with Crippen LogP contribution in [0.1, 0.15) is 31.2 Å². The van der Waals surface area contributed by atoms with Crippen molar-refractivity contribution >= 4 is 17.3 Å². The van der Waals surface area contributed by atoms with Gasteiger partial charge in [-0.2, -0.15) is 0 Å². The number of ether oxygens (including phenoxy) is 1. The Kier molecular flexibility index (Phi) is 4.95. The van der Waals surface area contributed by atoms with Gasteiger partial charge in [-0.05, 0) is 50.0 Å². The highest BCUT2D eigenvalue weighted by Crippen LogP contribution is 2.11. The van der Waals surface area contributed by atoms with Gasteiger partial charge in [0.2, 0.25) is 0 Å². The van der Waals surface area contributed by atoms with Gasteiger partial charge in [-0.15, -0.1) is 0 Å². The maximum absolute atomic E-state index is 5.73. The second-order valence-electron chi connectivity index (χ2n) is 4.41. The maximum atomic E-state index is 5.73. The van der Waals surface area contributed by atoms with Crippen molar-refractivity contribution in [3.63, 3.8) is 0 Å². The Bertz CT molecular complexity index is 346. The summed E-state index contributed by atoms with van der Waals surface area (Å²) in [7, 11) is 0. The van der Waals surface area contributed by atoms with Crippen molar-refractivity contribution in [3.05, 3.63) is 35.9 Å². The molecular weight excluding hydrogens is 230 g/mol. The summed E-state index contributed by atoms with van der Waals surface area (Å²) in [5.41, 5.74) is 1.31. The van der Waals surface area contributed by atoms with Gasteiger partial charge in [-0.25, -0.2) is 0 Å². The van der Waals surface area contributed by atoms with Crippen LogP contribution in [-0.2, 0) is 11.2 Å². The Labute approximate surface area is 108 Å². The summed E-state index contributed by atoms with van der Waals surface area (Å²) in [4.78, 5) is 0. The van der Waals surface area contributed by atoms with Crippen LogP contribution in [0.2, 0.25) is 0 Å². The van der Waals surface area contributed by atoms with E-state index >= 15 is 0 Å². The average molecular weight is 249 g/mol. The quantitative estimate of drug-likeness (QED) is 0.829. The van der Waals surface area contributed by atoms with Gasteiger partial charge in [0.1, 0.15) is 0 Å². The largest absolute Gasteiger partial charge is 0.469 e. The number of piperidine rings is 1. The molecular formula is C14H19NOS. The molecule has 0 bridgehead atoms. The molecule has 1 heterocycles. The van der Waals surface area contributed by atoms with Crippen LogP contribution in [0.3, 0.4) is 0 Å². The summed E-state index contributed by atoms with van der Waals surface area (Å²) in [5, 5.41) is 4.07. The van der Waals surface area contributed by atoms with Crippen LogP contribution in [0.4, 0.5) is 0 Å². The molecule has 92 valence electrons. The first-order chi connectivity index (χ1) is 8.34. The third-order valence-electron chi connectivity index (χ3n) is 3.00. The van der Waals surface area contributed by atoms with E-state index in [1.807, 2.05) is 6.07 Å². The summed E-state index contributed by atoms with van der Waals surface area (Å²) in [5.74, 6) is 0. The van der Waals surface area contributed by atoms with Gasteiger partial charge in [0.15, 0.2) is 11.3 Å². The van der Waals surface area contributed by atoms with Crippen molar-refractivity contribution in [2.24, 2.45) is 0 Å². The average Bonchev–Trinajstić information content (AvgIpc) is 2.39. The lowest BCUT2D eigenvalue weighted by Gasteiger charge is -2.24.